The fourth-order valence-corrected chi connectivity index (χ4v) is 1.64. The van der Waals surface area contributed by atoms with E-state index in [4.69, 9.17) is 5.11 Å². The standard InChI is InChI=1S/C8H11N3O3S/c1-9-5(12)2-3-10-7-6(8(13)14)11-4-15-7/h4,10H,2-3H2,1H3,(H,9,12)(H,13,14). The molecular weight excluding hydrogens is 218 g/mol. The normalized spacial score (nSPS) is 9.67. The topological polar surface area (TPSA) is 91.3 Å². The monoisotopic (exact) mass is 229 g/mol. The predicted molar refractivity (Wildman–Crippen MR) is 56.2 cm³/mol. The zero-order chi connectivity index (χ0) is 11.3. The highest BCUT2D eigenvalue weighted by Crippen LogP contribution is 2.19. The van der Waals surface area contributed by atoms with Crippen molar-refractivity contribution in [3.05, 3.63) is 11.2 Å². The van der Waals surface area contributed by atoms with Crippen molar-refractivity contribution >= 4 is 28.2 Å². The first-order valence-electron chi connectivity index (χ1n) is 4.26. The van der Waals surface area contributed by atoms with Gasteiger partial charge in [0.15, 0.2) is 5.69 Å². The van der Waals surface area contributed by atoms with Crippen molar-refractivity contribution in [2.75, 3.05) is 18.9 Å². The van der Waals surface area contributed by atoms with Crippen molar-refractivity contribution in [1.82, 2.24) is 10.3 Å². The first kappa shape index (κ1) is 11.4. The van der Waals surface area contributed by atoms with Gasteiger partial charge in [-0.15, -0.1) is 11.3 Å². The van der Waals surface area contributed by atoms with E-state index >= 15 is 0 Å². The van der Waals surface area contributed by atoms with E-state index in [1.54, 1.807) is 7.05 Å². The van der Waals surface area contributed by atoms with Gasteiger partial charge in [0.05, 0.1) is 5.51 Å². The Bertz CT molecular complexity index is 364. The van der Waals surface area contributed by atoms with Crippen LogP contribution in [0.2, 0.25) is 0 Å². The molecule has 82 valence electrons. The Morgan fingerprint density at radius 3 is 2.93 bits per heavy atom. The van der Waals surface area contributed by atoms with Crippen molar-refractivity contribution < 1.29 is 14.7 Å². The third kappa shape index (κ3) is 3.21. The summed E-state index contributed by atoms with van der Waals surface area (Å²) in [7, 11) is 1.55. The van der Waals surface area contributed by atoms with Gasteiger partial charge in [0, 0.05) is 20.0 Å². The Kier molecular flexibility index (Phi) is 4.04. The number of hydrogen-bond donors (Lipinski definition) is 3. The first-order chi connectivity index (χ1) is 7.15. The highest BCUT2D eigenvalue weighted by molar-refractivity contribution is 7.14. The number of anilines is 1. The molecule has 15 heavy (non-hydrogen) atoms. The van der Waals surface area contributed by atoms with Crippen LogP contribution in [0.3, 0.4) is 0 Å². The number of carbonyl (C=O) groups is 2. The maximum atomic E-state index is 10.9. The molecule has 3 N–H and O–H groups in total. The minimum Gasteiger partial charge on any atom is -0.476 e. The number of carbonyl (C=O) groups excluding carboxylic acids is 1. The third-order valence-corrected chi connectivity index (χ3v) is 2.47. The van der Waals surface area contributed by atoms with Crippen LogP contribution in [0.25, 0.3) is 0 Å². The quantitative estimate of drug-likeness (QED) is 0.679. The van der Waals surface area contributed by atoms with Crippen LogP contribution in [0.1, 0.15) is 16.9 Å². The zero-order valence-electron chi connectivity index (χ0n) is 8.11. The van der Waals surface area contributed by atoms with E-state index < -0.39 is 5.97 Å². The molecule has 0 fully saturated rings. The van der Waals surface area contributed by atoms with Crippen molar-refractivity contribution in [3.8, 4) is 0 Å². The van der Waals surface area contributed by atoms with Crippen molar-refractivity contribution in [3.63, 3.8) is 0 Å². The summed E-state index contributed by atoms with van der Waals surface area (Å²) in [5, 5.41) is 14.5. The van der Waals surface area contributed by atoms with Gasteiger partial charge in [0.2, 0.25) is 5.91 Å². The third-order valence-electron chi connectivity index (χ3n) is 1.69. The van der Waals surface area contributed by atoms with Crippen LogP contribution in [0.15, 0.2) is 5.51 Å². The summed E-state index contributed by atoms with van der Waals surface area (Å²) in [4.78, 5) is 25.2. The molecule has 0 saturated heterocycles. The van der Waals surface area contributed by atoms with Gasteiger partial charge in [-0.25, -0.2) is 9.78 Å². The molecule has 1 heterocycles. The molecule has 0 aliphatic carbocycles. The second-order valence-electron chi connectivity index (χ2n) is 2.69. The number of carboxylic acids is 1. The summed E-state index contributed by atoms with van der Waals surface area (Å²) in [5.74, 6) is -1.16. The highest BCUT2D eigenvalue weighted by atomic mass is 32.1. The largest absolute Gasteiger partial charge is 0.476 e. The molecule has 0 aliphatic heterocycles. The van der Waals surface area contributed by atoms with Gasteiger partial charge < -0.3 is 15.7 Å². The van der Waals surface area contributed by atoms with Crippen LogP contribution in [-0.2, 0) is 4.79 Å². The van der Waals surface area contributed by atoms with E-state index in [0.717, 1.165) is 0 Å². The van der Waals surface area contributed by atoms with Crippen LogP contribution >= 0.6 is 11.3 Å². The van der Waals surface area contributed by atoms with E-state index in [0.29, 0.717) is 18.0 Å². The van der Waals surface area contributed by atoms with Crippen LogP contribution in [0, 0.1) is 0 Å². The average Bonchev–Trinajstić information content (AvgIpc) is 2.65. The first-order valence-corrected chi connectivity index (χ1v) is 5.14. The number of rotatable bonds is 5. The summed E-state index contributed by atoms with van der Waals surface area (Å²) in [6.45, 7) is 0.391. The van der Waals surface area contributed by atoms with Crippen LogP contribution in [0.5, 0.6) is 0 Å². The summed E-state index contributed by atoms with van der Waals surface area (Å²) in [6.07, 6.45) is 0.299. The number of nitrogens with one attached hydrogen (secondary N) is 2. The zero-order valence-corrected chi connectivity index (χ0v) is 8.93. The molecule has 1 amide bonds. The molecular formula is C8H11N3O3S. The van der Waals surface area contributed by atoms with Gasteiger partial charge in [-0.05, 0) is 0 Å². The number of carboxylic acid groups (broad SMARTS) is 1. The van der Waals surface area contributed by atoms with Gasteiger partial charge in [0.1, 0.15) is 5.00 Å². The molecule has 7 heteroatoms. The molecule has 0 aliphatic rings. The van der Waals surface area contributed by atoms with Crippen molar-refractivity contribution in [1.29, 1.82) is 0 Å². The molecule has 1 rings (SSSR count). The van der Waals surface area contributed by atoms with Gasteiger partial charge in [-0.3, -0.25) is 4.79 Å². The SMILES string of the molecule is CNC(=O)CCNc1scnc1C(=O)O. The van der Waals surface area contributed by atoms with Crippen LogP contribution in [0.4, 0.5) is 5.00 Å². The molecule has 0 unspecified atom stereocenters. The smallest absolute Gasteiger partial charge is 0.357 e. The minimum absolute atomic E-state index is 0.00286. The predicted octanol–water partition coefficient (Wildman–Crippen LogP) is 0.389. The number of nitrogens with zero attached hydrogens (tertiary/aromatic N) is 1. The summed E-state index contributed by atoms with van der Waals surface area (Å²) in [5.41, 5.74) is 1.45. The van der Waals surface area contributed by atoms with E-state index in [1.165, 1.54) is 16.8 Å². The second-order valence-corrected chi connectivity index (χ2v) is 3.54. The summed E-state index contributed by atoms with van der Waals surface area (Å²) < 4.78 is 0. The summed E-state index contributed by atoms with van der Waals surface area (Å²) in [6, 6.07) is 0. The Hall–Kier alpha value is -1.63. The van der Waals surface area contributed by atoms with E-state index in [9.17, 15) is 9.59 Å². The van der Waals surface area contributed by atoms with Gasteiger partial charge in [-0.1, -0.05) is 0 Å². The van der Waals surface area contributed by atoms with Gasteiger partial charge in [-0.2, -0.15) is 0 Å². The minimum atomic E-state index is -1.07. The fraction of sp³-hybridized carbons (Fsp3) is 0.375. The Labute approximate surface area is 90.3 Å². The van der Waals surface area contributed by atoms with Crippen LogP contribution in [-0.4, -0.2) is 35.6 Å². The van der Waals surface area contributed by atoms with Crippen molar-refractivity contribution in [2.45, 2.75) is 6.42 Å². The number of aromatic carboxylic acids is 1. The number of amides is 1. The van der Waals surface area contributed by atoms with Crippen molar-refractivity contribution in [2.24, 2.45) is 0 Å². The molecule has 0 atom stereocenters. The number of thiazole rings is 1. The lowest BCUT2D eigenvalue weighted by atomic mass is 10.4. The Morgan fingerprint density at radius 1 is 1.60 bits per heavy atom. The average molecular weight is 229 g/mol. The number of hydrogen-bond acceptors (Lipinski definition) is 5. The molecule has 6 nitrogen and oxygen atoms in total. The Balaban J connectivity index is 2.47. The van der Waals surface area contributed by atoms with Gasteiger partial charge in [0.25, 0.3) is 0 Å². The Morgan fingerprint density at radius 2 is 2.33 bits per heavy atom. The summed E-state index contributed by atoms with van der Waals surface area (Å²) >= 11 is 1.20. The molecule has 0 spiro atoms. The second kappa shape index (κ2) is 5.30. The molecule has 0 radical (unpaired) electrons. The van der Waals surface area contributed by atoms with E-state index in [1.807, 2.05) is 0 Å². The lowest BCUT2D eigenvalue weighted by Crippen LogP contribution is -2.21. The lowest BCUT2D eigenvalue weighted by Gasteiger charge is -2.03. The fourth-order valence-electron chi connectivity index (χ4n) is 0.938. The van der Waals surface area contributed by atoms with Crippen LogP contribution < -0.4 is 10.6 Å². The molecule has 0 aromatic carbocycles. The maximum Gasteiger partial charge on any atom is 0.357 e. The highest BCUT2D eigenvalue weighted by Gasteiger charge is 2.12. The molecule has 1 aromatic rings. The number of aromatic nitrogens is 1. The maximum absolute atomic E-state index is 10.9. The molecule has 1 aromatic heterocycles. The van der Waals surface area contributed by atoms with E-state index in [2.05, 4.69) is 15.6 Å². The molecule has 0 saturated carbocycles. The van der Waals surface area contributed by atoms with Gasteiger partial charge >= 0.3 is 5.97 Å². The van der Waals surface area contributed by atoms with E-state index in [-0.39, 0.29) is 11.6 Å². The molecule has 0 bridgehead atoms. The lowest BCUT2D eigenvalue weighted by molar-refractivity contribution is -0.120.